The Bertz CT molecular complexity index is 377. The number of halogens is 1. The molecule has 0 amide bonds. The number of methoxy groups -OCH3 is 2. The maximum Gasteiger partial charge on any atom is 0.164 e. The van der Waals surface area contributed by atoms with E-state index in [2.05, 4.69) is 0 Å². The Kier molecular flexibility index (Phi) is 4.44. The van der Waals surface area contributed by atoms with Crippen molar-refractivity contribution in [3.8, 4) is 11.5 Å². The van der Waals surface area contributed by atoms with Gasteiger partial charge in [-0.15, -0.1) is 0 Å². The summed E-state index contributed by atoms with van der Waals surface area (Å²) in [5.41, 5.74) is 1.82. The van der Waals surface area contributed by atoms with Crippen LogP contribution >= 0.6 is 11.6 Å². The minimum atomic E-state index is -0.0393. The largest absolute Gasteiger partial charge is 0.493 e. The predicted molar refractivity (Wildman–Crippen MR) is 64.8 cm³/mol. The lowest BCUT2D eigenvalue weighted by Crippen LogP contribution is -2.06. The molecule has 1 unspecified atom stereocenters. The number of aliphatic hydroxyl groups excluding tert-OH is 1. The van der Waals surface area contributed by atoms with Crippen LogP contribution in [0.15, 0.2) is 6.07 Å². The third-order valence-corrected chi connectivity index (χ3v) is 3.07. The Hall–Kier alpha value is -0.930. The van der Waals surface area contributed by atoms with Crippen LogP contribution in [0.5, 0.6) is 11.5 Å². The van der Waals surface area contributed by atoms with E-state index in [1.165, 1.54) is 0 Å². The second kappa shape index (κ2) is 5.41. The Balaban J connectivity index is 3.46. The molecule has 90 valence electrons. The predicted octanol–water partition coefficient (Wildman–Crippen LogP) is 2.76. The molecule has 0 bridgehead atoms. The molecule has 1 aromatic carbocycles. The summed E-state index contributed by atoms with van der Waals surface area (Å²) < 4.78 is 10.5. The third kappa shape index (κ3) is 2.25. The smallest absolute Gasteiger partial charge is 0.164 e. The van der Waals surface area contributed by atoms with Crippen molar-refractivity contribution >= 4 is 11.6 Å². The van der Waals surface area contributed by atoms with Crippen LogP contribution in [0.3, 0.4) is 0 Å². The van der Waals surface area contributed by atoms with Gasteiger partial charge in [-0.25, -0.2) is 0 Å². The maximum atomic E-state index is 9.25. The van der Waals surface area contributed by atoms with E-state index in [9.17, 15) is 5.11 Å². The summed E-state index contributed by atoms with van der Waals surface area (Å²) in [6.45, 7) is 3.87. The molecule has 4 heteroatoms. The van der Waals surface area contributed by atoms with Crippen LogP contribution in [0.4, 0.5) is 0 Å². The first-order chi connectivity index (χ1) is 7.56. The average Bonchev–Trinajstić information content (AvgIpc) is 2.30. The molecule has 1 rings (SSSR count). The molecule has 0 saturated heterocycles. The molecule has 0 aliphatic heterocycles. The first-order valence-electron chi connectivity index (χ1n) is 5.08. The van der Waals surface area contributed by atoms with Gasteiger partial charge in [0.25, 0.3) is 0 Å². The van der Waals surface area contributed by atoms with Crippen molar-refractivity contribution in [1.29, 1.82) is 0 Å². The second-order valence-corrected chi connectivity index (χ2v) is 4.12. The van der Waals surface area contributed by atoms with Gasteiger partial charge in [0.05, 0.1) is 14.2 Å². The Morgan fingerprint density at radius 1 is 1.38 bits per heavy atom. The minimum Gasteiger partial charge on any atom is -0.493 e. The van der Waals surface area contributed by atoms with E-state index < -0.39 is 0 Å². The lowest BCUT2D eigenvalue weighted by molar-refractivity contribution is 0.267. The average molecular weight is 245 g/mol. The quantitative estimate of drug-likeness (QED) is 0.885. The highest BCUT2D eigenvalue weighted by Gasteiger charge is 2.20. The minimum absolute atomic E-state index is 0.0393. The van der Waals surface area contributed by atoms with Crippen LogP contribution < -0.4 is 9.47 Å². The number of benzene rings is 1. The number of rotatable bonds is 4. The molecule has 1 N–H and O–H groups in total. The third-order valence-electron chi connectivity index (χ3n) is 2.68. The van der Waals surface area contributed by atoms with E-state index >= 15 is 0 Å². The number of hydrogen-bond acceptors (Lipinski definition) is 3. The summed E-state index contributed by atoms with van der Waals surface area (Å²) in [7, 11) is 3.15. The van der Waals surface area contributed by atoms with Gasteiger partial charge in [0.15, 0.2) is 11.5 Å². The fourth-order valence-corrected chi connectivity index (χ4v) is 1.97. The molecule has 0 aliphatic rings. The van der Waals surface area contributed by atoms with Crippen LogP contribution in [-0.4, -0.2) is 25.9 Å². The molecular weight excluding hydrogens is 228 g/mol. The standard InChI is InChI=1S/C12H17ClO3/c1-7(6-14)11-8(2)9(13)5-10(15-3)12(11)16-4/h5,7,14H,6H2,1-4H3. The van der Waals surface area contributed by atoms with Crippen molar-refractivity contribution in [2.24, 2.45) is 0 Å². The molecule has 0 aliphatic carbocycles. The lowest BCUT2D eigenvalue weighted by atomic mass is 9.95. The van der Waals surface area contributed by atoms with Gasteiger partial charge in [-0.05, 0) is 12.5 Å². The lowest BCUT2D eigenvalue weighted by Gasteiger charge is -2.20. The monoisotopic (exact) mass is 244 g/mol. The van der Waals surface area contributed by atoms with Crippen molar-refractivity contribution in [1.82, 2.24) is 0 Å². The Labute approximate surface area is 101 Å². The highest BCUT2D eigenvalue weighted by atomic mass is 35.5. The molecule has 0 spiro atoms. The van der Waals surface area contributed by atoms with Crippen molar-refractivity contribution in [2.75, 3.05) is 20.8 Å². The van der Waals surface area contributed by atoms with Gasteiger partial charge in [0, 0.05) is 29.2 Å². The normalized spacial score (nSPS) is 12.4. The van der Waals surface area contributed by atoms with Gasteiger partial charge in [0.1, 0.15) is 0 Å². The second-order valence-electron chi connectivity index (χ2n) is 3.72. The van der Waals surface area contributed by atoms with Crippen LogP contribution in [0.1, 0.15) is 24.0 Å². The molecule has 0 radical (unpaired) electrons. The SMILES string of the molecule is COc1cc(Cl)c(C)c(C(C)CO)c1OC. The maximum absolute atomic E-state index is 9.25. The molecule has 16 heavy (non-hydrogen) atoms. The van der Waals surface area contributed by atoms with Crippen molar-refractivity contribution in [2.45, 2.75) is 19.8 Å². The first kappa shape index (κ1) is 13.1. The van der Waals surface area contributed by atoms with E-state index in [0.29, 0.717) is 16.5 Å². The topological polar surface area (TPSA) is 38.7 Å². The van der Waals surface area contributed by atoms with E-state index in [4.69, 9.17) is 21.1 Å². The van der Waals surface area contributed by atoms with Gasteiger partial charge >= 0.3 is 0 Å². The number of hydrogen-bond donors (Lipinski definition) is 1. The molecule has 1 atom stereocenters. The van der Waals surface area contributed by atoms with Crippen molar-refractivity contribution in [3.63, 3.8) is 0 Å². The molecule has 1 aromatic rings. The summed E-state index contributed by atoms with van der Waals surface area (Å²) in [5, 5.41) is 9.87. The van der Waals surface area contributed by atoms with Gasteiger partial charge in [-0.3, -0.25) is 0 Å². The van der Waals surface area contributed by atoms with Crippen LogP contribution in [0.2, 0.25) is 5.02 Å². The zero-order chi connectivity index (χ0) is 12.3. The van der Waals surface area contributed by atoms with Crippen molar-refractivity contribution < 1.29 is 14.6 Å². The molecule has 0 heterocycles. The molecule has 0 saturated carbocycles. The summed E-state index contributed by atoms with van der Waals surface area (Å²) >= 11 is 6.11. The fourth-order valence-electron chi connectivity index (χ4n) is 1.77. The van der Waals surface area contributed by atoms with Crippen LogP contribution in [-0.2, 0) is 0 Å². The first-order valence-corrected chi connectivity index (χ1v) is 5.46. The summed E-state index contributed by atoms with van der Waals surface area (Å²) in [4.78, 5) is 0. The molecular formula is C12H17ClO3. The number of aliphatic hydroxyl groups is 1. The highest BCUT2D eigenvalue weighted by molar-refractivity contribution is 6.31. The van der Waals surface area contributed by atoms with Gasteiger partial charge in [-0.1, -0.05) is 18.5 Å². The van der Waals surface area contributed by atoms with E-state index in [-0.39, 0.29) is 12.5 Å². The van der Waals surface area contributed by atoms with Gasteiger partial charge < -0.3 is 14.6 Å². The Morgan fingerprint density at radius 3 is 2.44 bits per heavy atom. The molecule has 3 nitrogen and oxygen atoms in total. The van der Waals surface area contributed by atoms with E-state index in [0.717, 1.165) is 11.1 Å². The van der Waals surface area contributed by atoms with Crippen molar-refractivity contribution in [3.05, 3.63) is 22.2 Å². The summed E-state index contributed by atoms with van der Waals surface area (Å²) in [6, 6.07) is 1.73. The number of ether oxygens (including phenoxy) is 2. The van der Waals surface area contributed by atoms with Gasteiger partial charge in [0.2, 0.25) is 0 Å². The Morgan fingerprint density at radius 2 is 2.00 bits per heavy atom. The van der Waals surface area contributed by atoms with Crippen LogP contribution in [0, 0.1) is 6.92 Å². The zero-order valence-electron chi connectivity index (χ0n) is 10.0. The molecule has 0 fully saturated rings. The van der Waals surface area contributed by atoms with Gasteiger partial charge in [-0.2, -0.15) is 0 Å². The van der Waals surface area contributed by atoms with E-state index in [1.54, 1.807) is 20.3 Å². The molecule has 0 aromatic heterocycles. The zero-order valence-corrected chi connectivity index (χ0v) is 10.8. The summed E-state index contributed by atoms with van der Waals surface area (Å²) in [5.74, 6) is 1.20. The fraction of sp³-hybridized carbons (Fsp3) is 0.500. The van der Waals surface area contributed by atoms with Crippen LogP contribution in [0.25, 0.3) is 0 Å². The van der Waals surface area contributed by atoms with E-state index in [1.807, 2.05) is 13.8 Å². The highest BCUT2D eigenvalue weighted by Crippen LogP contribution is 2.41. The summed E-state index contributed by atoms with van der Waals surface area (Å²) in [6.07, 6.45) is 0.